The van der Waals surface area contributed by atoms with Crippen LogP contribution in [0.4, 0.5) is 17.1 Å². The molecule has 0 amide bonds. The van der Waals surface area contributed by atoms with Crippen LogP contribution in [-0.2, 0) is 5.41 Å². The summed E-state index contributed by atoms with van der Waals surface area (Å²) >= 11 is 0. The van der Waals surface area contributed by atoms with Crippen LogP contribution in [0.15, 0.2) is 140 Å². The van der Waals surface area contributed by atoms with Gasteiger partial charge in [-0.15, -0.1) is 0 Å². The summed E-state index contributed by atoms with van der Waals surface area (Å²) in [5.74, 6) is 0. The number of hydrogen-bond acceptors (Lipinski definition) is 1. The second-order valence-electron chi connectivity index (χ2n) is 11.4. The fourth-order valence-corrected chi connectivity index (χ4v) is 6.82. The Balaban J connectivity index is 1.36. The van der Waals surface area contributed by atoms with Crippen molar-refractivity contribution >= 4 is 49.4 Å². The van der Waals surface area contributed by atoms with Crippen LogP contribution < -0.4 is 4.90 Å². The first kappa shape index (κ1) is 23.0. The molecule has 0 unspecified atom stereocenters. The zero-order valence-corrected chi connectivity index (χ0v) is 22.7. The normalized spacial score (nSPS) is 13.4. The average Bonchev–Trinajstić information content (AvgIpc) is 3.23. The van der Waals surface area contributed by atoms with Gasteiger partial charge < -0.3 is 4.90 Å². The van der Waals surface area contributed by atoms with Crippen LogP contribution in [0.5, 0.6) is 0 Å². The molecule has 1 nitrogen and oxygen atoms in total. The van der Waals surface area contributed by atoms with Gasteiger partial charge in [-0.05, 0) is 91.0 Å². The molecule has 0 saturated heterocycles. The lowest BCUT2D eigenvalue weighted by atomic mass is 9.82. The maximum Gasteiger partial charge on any atom is 0.0468 e. The predicted octanol–water partition coefficient (Wildman–Crippen LogP) is 10.9. The second kappa shape index (κ2) is 8.56. The predicted molar refractivity (Wildman–Crippen MR) is 171 cm³/mol. The lowest BCUT2D eigenvalue weighted by molar-refractivity contribution is 0.660. The minimum absolute atomic E-state index is 0.00727. The van der Waals surface area contributed by atoms with Crippen molar-refractivity contribution in [3.8, 4) is 11.1 Å². The molecule has 0 radical (unpaired) electrons. The zero-order chi connectivity index (χ0) is 26.8. The van der Waals surface area contributed by atoms with Gasteiger partial charge in [-0.25, -0.2) is 0 Å². The Morgan fingerprint density at radius 3 is 1.85 bits per heavy atom. The maximum absolute atomic E-state index is 2.40. The van der Waals surface area contributed by atoms with Gasteiger partial charge in [-0.2, -0.15) is 0 Å². The minimum Gasteiger partial charge on any atom is -0.310 e. The number of anilines is 3. The number of hydrogen-bond donors (Lipinski definition) is 0. The van der Waals surface area contributed by atoms with Crippen molar-refractivity contribution in [3.05, 3.63) is 151 Å². The molecular weight excluding hydrogens is 482 g/mol. The van der Waals surface area contributed by atoms with Crippen molar-refractivity contribution in [1.82, 2.24) is 0 Å². The van der Waals surface area contributed by atoms with Crippen LogP contribution in [-0.4, -0.2) is 0 Å². The number of nitrogens with zero attached hydrogens (tertiary/aromatic N) is 1. The lowest BCUT2D eigenvalue weighted by Crippen LogP contribution is -2.15. The highest BCUT2D eigenvalue weighted by Crippen LogP contribution is 2.50. The number of para-hydroxylation sites is 1. The molecule has 0 saturated carbocycles. The molecule has 0 fully saturated rings. The Labute approximate surface area is 234 Å². The van der Waals surface area contributed by atoms with Crippen molar-refractivity contribution in [3.63, 3.8) is 0 Å². The first-order valence-corrected chi connectivity index (χ1v) is 14.0. The Morgan fingerprint density at radius 1 is 0.400 bits per heavy atom. The van der Waals surface area contributed by atoms with Crippen molar-refractivity contribution in [2.75, 3.05) is 4.90 Å². The molecule has 7 aromatic carbocycles. The molecule has 0 N–H and O–H groups in total. The van der Waals surface area contributed by atoms with Crippen LogP contribution in [0.3, 0.4) is 0 Å². The second-order valence-corrected chi connectivity index (χ2v) is 11.4. The molecule has 40 heavy (non-hydrogen) atoms. The first-order chi connectivity index (χ1) is 19.6. The van der Waals surface area contributed by atoms with E-state index in [1.165, 1.54) is 60.3 Å². The van der Waals surface area contributed by atoms with E-state index in [1.54, 1.807) is 0 Å². The SMILES string of the molecule is CC1(C)c2ccccc2-c2cc(N(c3ccccc3)c3ccc4ccc5c6ccccc6ccc5c4c3)ccc21. The summed E-state index contributed by atoms with van der Waals surface area (Å²) in [6.45, 7) is 4.68. The molecule has 7 aromatic rings. The zero-order valence-electron chi connectivity index (χ0n) is 22.7. The summed E-state index contributed by atoms with van der Waals surface area (Å²) in [5, 5.41) is 7.68. The van der Waals surface area contributed by atoms with Crippen LogP contribution in [0.25, 0.3) is 43.4 Å². The van der Waals surface area contributed by atoms with E-state index in [9.17, 15) is 0 Å². The molecule has 1 heteroatoms. The van der Waals surface area contributed by atoms with Gasteiger partial charge in [0.15, 0.2) is 0 Å². The lowest BCUT2D eigenvalue weighted by Gasteiger charge is -2.27. The van der Waals surface area contributed by atoms with E-state index in [-0.39, 0.29) is 5.41 Å². The van der Waals surface area contributed by atoms with E-state index in [0.717, 1.165) is 11.4 Å². The molecular formula is C39H29N. The minimum atomic E-state index is -0.00727. The molecule has 1 aliphatic rings. The summed E-state index contributed by atoms with van der Waals surface area (Å²) < 4.78 is 0. The fourth-order valence-electron chi connectivity index (χ4n) is 6.82. The van der Waals surface area contributed by atoms with Crippen molar-refractivity contribution < 1.29 is 0 Å². The van der Waals surface area contributed by atoms with Crippen molar-refractivity contribution in [1.29, 1.82) is 0 Å². The largest absolute Gasteiger partial charge is 0.310 e. The highest BCUT2D eigenvalue weighted by Gasteiger charge is 2.35. The number of fused-ring (bicyclic) bond motifs is 8. The highest BCUT2D eigenvalue weighted by atomic mass is 15.1. The Hall–Kier alpha value is -4.88. The molecule has 0 atom stereocenters. The van der Waals surface area contributed by atoms with Gasteiger partial charge in [0.1, 0.15) is 0 Å². The standard InChI is InChI=1S/C39H29N/c1-39(2)37-15-9-8-14-34(37)36-25-30(20-23-38(36)39)40(28-11-4-3-5-12-28)29-19-16-27-18-21-32-31-13-7-6-10-26(31)17-22-33(32)35(27)24-29/h3-25H,1-2H3. The molecule has 8 rings (SSSR count). The van der Waals surface area contributed by atoms with Crippen molar-refractivity contribution in [2.24, 2.45) is 0 Å². The third-order valence-corrected chi connectivity index (χ3v) is 8.83. The summed E-state index contributed by atoms with van der Waals surface area (Å²) in [6, 6.07) is 51.2. The van der Waals surface area contributed by atoms with Crippen LogP contribution in [0, 0.1) is 0 Å². The van der Waals surface area contributed by atoms with Gasteiger partial charge in [0.25, 0.3) is 0 Å². The maximum atomic E-state index is 2.40. The van der Waals surface area contributed by atoms with Gasteiger partial charge in [-0.1, -0.05) is 117 Å². The highest BCUT2D eigenvalue weighted by molar-refractivity contribution is 6.17. The number of benzene rings is 7. The molecule has 0 aliphatic heterocycles. The van der Waals surface area contributed by atoms with Gasteiger partial charge in [0.2, 0.25) is 0 Å². The van der Waals surface area contributed by atoms with E-state index in [4.69, 9.17) is 0 Å². The van der Waals surface area contributed by atoms with Crippen LogP contribution in [0.2, 0.25) is 0 Å². The monoisotopic (exact) mass is 511 g/mol. The molecule has 0 bridgehead atoms. The van der Waals surface area contributed by atoms with Gasteiger partial charge in [-0.3, -0.25) is 0 Å². The molecule has 0 spiro atoms. The molecule has 0 heterocycles. The van der Waals surface area contributed by atoms with Crippen LogP contribution in [0.1, 0.15) is 25.0 Å². The van der Waals surface area contributed by atoms with E-state index >= 15 is 0 Å². The van der Waals surface area contributed by atoms with Crippen LogP contribution >= 0.6 is 0 Å². The summed E-state index contributed by atoms with van der Waals surface area (Å²) in [5.41, 5.74) is 8.93. The third kappa shape index (κ3) is 3.34. The Bertz CT molecular complexity index is 2080. The van der Waals surface area contributed by atoms with E-state index in [2.05, 4.69) is 158 Å². The van der Waals surface area contributed by atoms with E-state index < -0.39 is 0 Å². The first-order valence-electron chi connectivity index (χ1n) is 14.0. The third-order valence-electron chi connectivity index (χ3n) is 8.83. The Kier molecular flexibility index (Phi) is 4.93. The molecule has 0 aromatic heterocycles. The smallest absolute Gasteiger partial charge is 0.0468 e. The topological polar surface area (TPSA) is 3.24 Å². The van der Waals surface area contributed by atoms with Gasteiger partial charge in [0.05, 0.1) is 0 Å². The quantitative estimate of drug-likeness (QED) is 0.213. The molecule has 1 aliphatic carbocycles. The van der Waals surface area contributed by atoms with Gasteiger partial charge >= 0.3 is 0 Å². The number of rotatable bonds is 3. The fraction of sp³-hybridized carbons (Fsp3) is 0.0769. The van der Waals surface area contributed by atoms with Gasteiger partial charge in [0, 0.05) is 22.5 Å². The summed E-state index contributed by atoms with van der Waals surface area (Å²) in [7, 11) is 0. The van der Waals surface area contributed by atoms with Crippen molar-refractivity contribution in [2.45, 2.75) is 19.3 Å². The van der Waals surface area contributed by atoms with E-state index in [1.807, 2.05) is 0 Å². The molecule has 190 valence electrons. The average molecular weight is 512 g/mol. The Morgan fingerprint density at radius 2 is 1.00 bits per heavy atom. The summed E-state index contributed by atoms with van der Waals surface area (Å²) in [4.78, 5) is 2.40. The van der Waals surface area contributed by atoms with E-state index in [0.29, 0.717) is 0 Å². The summed E-state index contributed by atoms with van der Waals surface area (Å²) in [6.07, 6.45) is 0.